The van der Waals surface area contributed by atoms with E-state index in [1.165, 1.54) is 24.3 Å². The molecule has 1 aromatic heterocycles. The first-order chi connectivity index (χ1) is 8.85. The van der Waals surface area contributed by atoms with Gasteiger partial charge in [0.1, 0.15) is 5.82 Å². The molecule has 0 amide bonds. The summed E-state index contributed by atoms with van der Waals surface area (Å²) in [5.41, 5.74) is 2.96. The molecule has 1 saturated heterocycles. The first kappa shape index (κ1) is 13.9. The number of imidazole rings is 1. The van der Waals surface area contributed by atoms with Gasteiger partial charge in [0.05, 0.1) is 6.04 Å². The summed E-state index contributed by atoms with van der Waals surface area (Å²) < 4.78 is 2.22. The molecule has 4 nitrogen and oxygen atoms in total. The van der Waals surface area contributed by atoms with Gasteiger partial charge >= 0.3 is 0 Å². The van der Waals surface area contributed by atoms with Gasteiger partial charge in [-0.1, -0.05) is 6.92 Å². The average molecular weight is 268 g/mol. The largest absolute Gasteiger partial charge is 0.334 e. The van der Waals surface area contributed by atoms with Crippen LogP contribution >= 0.6 is 11.8 Å². The number of aryl methyl sites for hydroxylation is 1. The Balaban J connectivity index is 2.00. The second-order valence-corrected chi connectivity index (χ2v) is 6.21. The van der Waals surface area contributed by atoms with E-state index in [0.717, 1.165) is 31.1 Å². The molecular weight excluding hydrogens is 244 g/mol. The topological polar surface area (TPSA) is 55.9 Å². The summed E-state index contributed by atoms with van der Waals surface area (Å²) in [5.74, 6) is 10.2. The molecule has 0 spiro atoms. The summed E-state index contributed by atoms with van der Waals surface area (Å²) in [4.78, 5) is 4.49. The number of nitrogens with zero attached hydrogens (tertiary/aromatic N) is 2. The summed E-state index contributed by atoms with van der Waals surface area (Å²) in [5, 5.41) is 0. The van der Waals surface area contributed by atoms with Crippen molar-refractivity contribution in [2.75, 3.05) is 11.5 Å². The Kier molecular flexibility index (Phi) is 5.53. The van der Waals surface area contributed by atoms with E-state index in [-0.39, 0.29) is 6.04 Å². The van der Waals surface area contributed by atoms with Gasteiger partial charge in [-0.15, -0.1) is 0 Å². The molecule has 1 aromatic rings. The number of hydrazine groups is 1. The molecule has 1 unspecified atom stereocenters. The molecule has 1 aliphatic rings. The van der Waals surface area contributed by atoms with Crippen molar-refractivity contribution < 1.29 is 0 Å². The lowest BCUT2D eigenvalue weighted by molar-refractivity contribution is 0.355. The Bertz CT molecular complexity index is 347. The molecule has 0 radical (unpaired) electrons. The Morgan fingerprint density at radius 1 is 1.56 bits per heavy atom. The maximum absolute atomic E-state index is 5.74. The van der Waals surface area contributed by atoms with Gasteiger partial charge in [0.15, 0.2) is 0 Å². The van der Waals surface area contributed by atoms with Gasteiger partial charge in [0, 0.05) is 18.9 Å². The second-order valence-electron chi connectivity index (χ2n) is 4.99. The molecule has 0 saturated carbocycles. The molecule has 1 atom stereocenters. The summed E-state index contributed by atoms with van der Waals surface area (Å²) in [7, 11) is 0. The molecule has 0 aliphatic carbocycles. The minimum atomic E-state index is 0.194. The van der Waals surface area contributed by atoms with Crippen LogP contribution in [-0.4, -0.2) is 21.1 Å². The summed E-state index contributed by atoms with van der Waals surface area (Å²) in [6, 6.07) is 0.194. The maximum atomic E-state index is 5.74. The first-order valence-corrected chi connectivity index (χ1v) is 8.05. The fourth-order valence-corrected chi connectivity index (χ4v) is 3.83. The average Bonchev–Trinajstić information content (AvgIpc) is 2.86. The van der Waals surface area contributed by atoms with E-state index in [0.29, 0.717) is 0 Å². The summed E-state index contributed by atoms with van der Waals surface area (Å²) in [6.07, 6.45) is 8.80. The molecule has 0 aromatic carbocycles. The van der Waals surface area contributed by atoms with Gasteiger partial charge in [0.25, 0.3) is 0 Å². The lowest BCUT2D eigenvalue weighted by Gasteiger charge is -2.26. The van der Waals surface area contributed by atoms with Crippen molar-refractivity contribution in [3.05, 3.63) is 18.2 Å². The van der Waals surface area contributed by atoms with E-state index in [4.69, 9.17) is 5.84 Å². The van der Waals surface area contributed by atoms with Crippen LogP contribution in [-0.2, 0) is 6.54 Å². The zero-order valence-electron chi connectivity index (χ0n) is 11.1. The van der Waals surface area contributed by atoms with Crippen LogP contribution in [0, 0.1) is 5.92 Å². The van der Waals surface area contributed by atoms with Crippen LogP contribution in [0.2, 0.25) is 0 Å². The van der Waals surface area contributed by atoms with E-state index in [9.17, 15) is 0 Å². The minimum Gasteiger partial charge on any atom is -0.334 e. The molecule has 3 N–H and O–H groups in total. The van der Waals surface area contributed by atoms with Crippen molar-refractivity contribution in [2.45, 2.75) is 45.2 Å². The molecule has 18 heavy (non-hydrogen) atoms. The smallest absolute Gasteiger partial charge is 0.127 e. The predicted molar refractivity (Wildman–Crippen MR) is 77.2 cm³/mol. The molecule has 1 fully saturated rings. The van der Waals surface area contributed by atoms with Crippen molar-refractivity contribution in [3.63, 3.8) is 0 Å². The minimum absolute atomic E-state index is 0.194. The quantitative estimate of drug-likeness (QED) is 0.614. The van der Waals surface area contributed by atoms with Crippen molar-refractivity contribution >= 4 is 11.8 Å². The number of hydrogen-bond acceptors (Lipinski definition) is 4. The highest BCUT2D eigenvalue weighted by Gasteiger charge is 2.22. The zero-order chi connectivity index (χ0) is 12.8. The highest BCUT2D eigenvalue weighted by atomic mass is 32.2. The zero-order valence-corrected chi connectivity index (χ0v) is 12.0. The standard InChI is InChI=1S/C13H24N4S/c1-2-6-17-7-5-15-13(17)12(16-14)10-11-3-8-18-9-4-11/h5,7,11-12,16H,2-4,6,8-10,14H2,1H3. The normalized spacial score (nSPS) is 19.0. The predicted octanol–water partition coefficient (Wildman–Crippen LogP) is 2.33. The third kappa shape index (κ3) is 3.49. The molecule has 2 rings (SSSR count). The number of nitrogens with one attached hydrogen (secondary N) is 1. The van der Waals surface area contributed by atoms with Crippen molar-refractivity contribution in [3.8, 4) is 0 Å². The van der Waals surface area contributed by atoms with Gasteiger partial charge in [-0.05, 0) is 43.1 Å². The van der Waals surface area contributed by atoms with Crippen molar-refractivity contribution in [2.24, 2.45) is 11.8 Å². The van der Waals surface area contributed by atoms with Gasteiger partial charge in [-0.2, -0.15) is 11.8 Å². The number of hydrogen-bond donors (Lipinski definition) is 2. The van der Waals surface area contributed by atoms with Crippen LogP contribution in [0.15, 0.2) is 12.4 Å². The highest BCUT2D eigenvalue weighted by molar-refractivity contribution is 7.99. The van der Waals surface area contributed by atoms with Crippen molar-refractivity contribution in [1.29, 1.82) is 0 Å². The molecular formula is C13H24N4S. The number of thioether (sulfide) groups is 1. The number of rotatable bonds is 6. The fourth-order valence-electron chi connectivity index (χ4n) is 2.62. The van der Waals surface area contributed by atoms with E-state index in [1.807, 2.05) is 6.20 Å². The summed E-state index contributed by atoms with van der Waals surface area (Å²) >= 11 is 2.07. The van der Waals surface area contributed by atoms with E-state index < -0.39 is 0 Å². The van der Waals surface area contributed by atoms with Gasteiger partial charge in [-0.3, -0.25) is 5.84 Å². The molecule has 102 valence electrons. The molecule has 1 aliphatic heterocycles. The van der Waals surface area contributed by atoms with Crippen LogP contribution in [0.1, 0.15) is 44.5 Å². The third-order valence-corrected chi connectivity index (χ3v) is 4.68. The van der Waals surface area contributed by atoms with Crippen LogP contribution in [0.4, 0.5) is 0 Å². The Hall–Kier alpha value is -0.520. The Morgan fingerprint density at radius 3 is 3.00 bits per heavy atom. The van der Waals surface area contributed by atoms with E-state index in [2.05, 4.69) is 39.9 Å². The lowest BCUT2D eigenvalue weighted by atomic mass is 9.94. The second kappa shape index (κ2) is 7.16. The number of nitrogens with two attached hydrogens (primary N) is 1. The van der Waals surface area contributed by atoms with Crippen LogP contribution < -0.4 is 11.3 Å². The Labute approximate surface area is 114 Å². The van der Waals surface area contributed by atoms with Gasteiger partial charge in [-0.25, -0.2) is 10.4 Å². The van der Waals surface area contributed by atoms with E-state index >= 15 is 0 Å². The summed E-state index contributed by atoms with van der Waals surface area (Å²) in [6.45, 7) is 3.21. The third-order valence-electron chi connectivity index (χ3n) is 3.63. The van der Waals surface area contributed by atoms with Crippen LogP contribution in [0.5, 0.6) is 0 Å². The van der Waals surface area contributed by atoms with E-state index in [1.54, 1.807) is 0 Å². The Morgan fingerprint density at radius 2 is 2.33 bits per heavy atom. The molecule has 2 heterocycles. The SMILES string of the molecule is CCCn1ccnc1C(CC1CCSCC1)NN. The van der Waals surface area contributed by atoms with Gasteiger partial charge in [0.2, 0.25) is 0 Å². The first-order valence-electron chi connectivity index (χ1n) is 6.90. The van der Waals surface area contributed by atoms with Gasteiger partial charge < -0.3 is 4.57 Å². The fraction of sp³-hybridized carbons (Fsp3) is 0.769. The van der Waals surface area contributed by atoms with Crippen LogP contribution in [0.3, 0.4) is 0 Å². The highest BCUT2D eigenvalue weighted by Crippen LogP contribution is 2.30. The maximum Gasteiger partial charge on any atom is 0.127 e. The van der Waals surface area contributed by atoms with Crippen LogP contribution in [0.25, 0.3) is 0 Å². The molecule has 5 heteroatoms. The lowest BCUT2D eigenvalue weighted by Crippen LogP contribution is -2.32. The van der Waals surface area contributed by atoms with Crippen molar-refractivity contribution in [1.82, 2.24) is 15.0 Å². The molecule has 0 bridgehead atoms. The monoisotopic (exact) mass is 268 g/mol. The number of aromatic nitrogens is 2.